The largest absolute Gasteiger partial charge is 0.444 e. The number of anilines is 2. The first kappa shape index (κ1) is 47.6. The fraction of sp³-hybridized carbons (Fsp3) is 0.568. The molecule has 2 unspecified atom stereocenters. The zero-order chi connectivity index (χ0) is 40.2. The highest BCUT2D eigenvalue weighted by Gasteiger charge is 2.28. The summed E-state index contributed by atoms with van der Waals surface area (Å²) < 4.78 is 63.5. The van der Waals surface area contributed by atoms with E-state index in [4.69, 9.17) is 13.8 Å². The van der Waals surface area contributed by atoms with Crippen LogP contribution in [0.5, 0.6) is 0 Å². The molecule has 2 aromatic heterocycles. The molecule has 0 bridgehead atoms. The monoisotopic (exact) mass is 824 g/mol. The number of hydrogen-bond donors (Lipinski definition) is 2. The topological polar surface area (TPSA) is 206 Å². The lowest BCUT2D eigenvalue weighted by atomic mass is 9.87. The second-order valence-electron chi connectivity index (χ2n) is 14.4. The van der Waals surface area contributed by atoms with Gasteiger partial charge in [0.25, 0.3) is 0 Å². The van der Waals surface area contributed by atoms with Gasteiger partial charge in [-0.1, -0.05) is 45.2 Å². The van der Waals surface area contributed by atoms with Crippen molar-refractivity contribution in [2.75, 3.05) is 43.4 Å². The zero-order valence-electron chi connectivity index (χ0n) is 32.4. The van der Waals surface area contributed by atoms with Gasteiger partial charge in [-0.25, -0.2) is 23.2 Å². The van der Waals surface area contributed by atoms with Crippen LogP contribution in [0.15, 0.2) is 53.9 Å². The molecule has 0 saturated heterocycles. The van der Waals surface area contributed by atoms with Crippen molar-refractivity contribution in [3.63, 3.8) is 0 Å². The summed E-state index contributed by atoms with van der Waals surface area (Å²) in [5, 5.41) is 5.32. The van der Waals surface area contributed by atoms with Crippen LogP contribution in [0.4, 0.5) is 16.4 Å². The third-order valence-corrected chi connectivity index (χ3v) is 12.6. The number of aromatic nitrogens is 4. The van der Waals surface area contributed by atoms with Gasteiger partial charge in [-0.2, -0.15) is 0 Å². The summed E-state index contributed by atoms with van der Waals surface area (Å²) in [7, 11) is -8.78. The molecule has 0 radical (unpaired) electrons. The summed E-state index contributed by atoms with van der Waals surface area (Å²) in [5.74, 6) is 0.426. The van der Waals surface area contributed by atoms with E-state index in [1.165, 1.54) is 43.9 Å². The van der Waals surface area contributed by atoms with E-state index in [9.17, 15) is 27.1 Å². The maximum atomic E-state index is 13.2. The van der Waals surface area contributed by atoms with E-state index in [1.807, 2.05) is 0 Å². The predicted octanol–water partition coefficient (Wildman–Crippen LogP) is 8.53. The number of carbonyl (C=O) groups is 2. The van der Waals surface area contributed by atoms with Crippen LogP contribution in [0, 0.1) is 5.92 Å². The number of hydrogen-bond acceptors (Lipinski definition) is 13. The average Bonchev–Trinajstić information content (AvgIpc) is 3.58. The van der Waals surface area contributed by atoms with Gasteiger partial charge >= 0.3 is 6.09 Å². The molecule has 3 atom stereocenters. The molecule has 3 aromatic rings. The van der Waals surface area contributed by atoms with Crippen molar-refractivity contribution in [2.24, 2.45) is 5.92 Å². The summed E-state index contributed by atoms with van der Waals surface area (Å²) >= 11 is 0. The molecule has 2 N–H and O–H groups in total. The Labute approximate surface area is 326 Å². The number of benzene rings is 1. The first-order chi connectivity index (χ1) is 25.2. The minimum absolute atomic E-state index is 0. The van der Waals surface area contributed by atoms with Gasteiger partial charge in [-0.3, -0.25) is 29.2 Å². The highest BCUT2D eigenvalue weighted by Crippen LogP contribution is 2.46. The molecular weight excluding hydrogens is 766 g/mol. The van der Waals surface area contributed by atoms with E-state index < -0.39 is 42.2 Å². The van der Waals surface area contributed by atoms with Crippen LogP contribution < -0.4 is 10.6 Å². The van der Waals surface area contributed by atoms with Crippen LogP contribution in [-0.2, 0) is 49.9 Å². The maximum Gasteiger partial charge on any atom is 0.413 e. The van der Waals surface area contributed by atoms with Crippen LogP contribution >= 0.6 is 14.7 Å². The van der Waals surface area contributed by atoms with Gasteiger partial charge < -0.3 is 19.1 Å². The summed E-state index contributed by atoms with van der Waals surface area (Å²) in [6.07, 6.45) is 12.0. The van der Waals surface area contributed by atoms with Crippen LogP contribution in [0.1, 0.15) is 97.0 Å². The Morgan fingerprint density at radius 3 is 1.69 bits per heavy atom. The molecule has 15 nitrogen and oxygen atoms in total. The highest BCUT2D eigenvalue weighted by atomic mass is 32.2. The maximum absolute atomic E-state index is 13.2. The normalized spacial score (nSPS) is 15.9. The molecular formula is C37H58N6O9P2S. The Morgan fingerprint density at radius 1 is 0.818 bits per heavy atom. The van der Waals surface area contributed by atoms with Gasteiger partial charge in [-0.15, -0.1) is 0 Å². The molecule has 1 aromatic carbocycles. The second kappa shape index (κ2) is 21.1. The molecule has 1 fully saturated rings. The van der Waals surface area contributed by atoms with E-state index in [-0.39, 0.29) is 36.4 Å². The van der Waals surface area contributed by atoms with Gasteiger partial charge in [0, 0.05) is 19.6 Å². The van der Waals surface area contributed by atoms with E-state index in [0.29, 0.717) is 42.8 Å². The lowest BCUT2D eigenvalue weighted by molar-refractivity contribution is -0.118. The van der Waals surface area contributed by atoms with Crippen molar-refractivity contribution in [1.29, 1.82) is 0 Å². The minimum atomic E-state index is -3.31. The van der Waals surface area contributed by atoms with Gasteiger partial charge in [0.1, 0.15) is 5.60 Å². The van der Waals surface area contributed by atoms with Crippen LogP contribution in [0.2, 0.25) is 0 Å². The minimum Gasteiger partial charge on any atom is -0.444 e. The van der Waals surface area contributed by atoms with E-state index in [1.54, 1.807) is 72.2 Å². The average molecular weight is 825 g/mol. The molecule has 55 heavy (non-hydrogen) atoms. The lowest BCUT2D eigenvalue weighted by Crippen LogP contribution is -2.27. The third kappa shape index (κ3) is 17.4. The van der Waals surface area contributed by atoms with Crippen molar-refractivity contribution in [3.05, 3.63) is 66.0 Å². The molecule has 0 aliphatic heterocycles. The number of nitrogens with zero attached hydrogens (tertiary/aromatic N) is 4. The van der Waals surface area contributed by atoms with E-state index in [2.05, 4.69) is 30.6 Å². The number of rotatable bonds is 15. The Balaban J connectivity index is 0.000000412. The molecule has 2 heterocycles. The zero-order valence-corrected chi connectivity index (χ0v) is 35.0. The smallest absolute Gasteiger partial charge is 0.413 e. The summed E-state index contributed by atoms with van der Waals surface area (Å²) in [5.41, 5.74) is 1.28. The van der Waals surface area contributed by atoms with Crippen molar-refractivity contribution < 1.29 is 40.9 Å². The number of ether oxygens (including phenoxy) is 1. The van der Waals surface area contributed by atoms with Gasteiger partial charge in [0.15, 0.2) is 21.5 Å². The van der Waals surface area contributed by atoms with Crippen LogP contribution in [0.3, 0.4) is 0 Å². The quantitative estimate of drug-likeness (QED) is 0.138. The molecule has 306 valence electrons. The number of sulfone groups is 1. The molecule has 1 aliphatic rings. The van der Waals surface area contributed by atoms with Crippen molar-refractivity contribution in [3.8, 4) is 0 Å². The fourth-order valence-corrected chi connectivity index (χ4v) is 9.18. The number of amides is 2. The van der Waals surface area contributed by atoms with Gasteiger partial charge in [-0.05, 0) is 64.7 Å². The van der Waals surface area contributed by atoms with Crippen molar-refractivity contribution in [2.45, 2.75) is 103 Å². The third-order valence-electron chi connectivity index (χ3n) is 8.06. The standard InChI is InChI=1S/C23H32N3O5PS.C13H22N3O4P.CH4/c1-4-31-32(2,28)16-19-14-25-22(15-24-19)26-23(27)21(13-17-7-5-6-8-17)18-9-11-20(12-10-18)33(3,29)30;1-6-19-21(5,18)9-10-7-15-11(8-14-10)16-12(17)20-13(2,3)4;/h9-12,14-15,17,21H,4-8,13,16H2,1-3H3,(H,25,26,27);7-8H,6,9H2,1-5H3,(H,15,16,17);1H4/t21-,32?;;/m1../s1. The van der Waals surface area contributed by atoms with Gasteiger partial charge in [0.05, 0.1) is 72.5 Å². The number of carbonyl (C=O) groups excluding carboxylic acids is 2. The highest BCUT2D eigenvalue weighted by molar-refractivity contribution is 7.90. The summed E-state index contributed by atoms with van der Waals surface area (Å²) in [6, 6.07) is 6.54. The SMILES string of the molecule is C.CCOP(C)(=O)Cc1cnc(NC(=O)OC(C)(C)C)cn1.CCOP(C)(=O)Cc1cnc(NC(=O)[C@H](CC2CCCC2)c2ccc(S(C)(=O)=O)cc2)cn1. The molecule has 1 saturated carbocycles. The van der Waals surface area contributed by atoms with Gasteiger partial charge in [0.2, 0.25) is 20.6 Å². The first-order valence-corrected chi connectivity index (χ1v) is 24.2. The Hall–Kier alpha value is -3.55. The Bertz CT molecular complexity index is 1880. The van der Waals surface area contributed by atoms with Crippen molar-refractivity contribution in [1.82, 2.24) is 19.9 Å². The predicted molar refractivity (Wildman–Crippen MR) is 216 cm³/mol. The summed E-state index contributed by atoms with van der Waals surface area (Å²) in [4.78, 5) is 41.7. The van der Waals surface area contributed by atoms with Crippen LogP contribution in [0.25, 0.3) is 0 Å². The Kier molecular flexibility index (Phi) is 18.3. The second-order valence-corrected chi connectivity index (χ2v) is 21.6. The summed E-state index contributed by atoms with van der Waals surface area (Å²) in [6.45, 7) is 12.8. The fourth-order valence-electron chi connectivity index (χ4n) is 5.77. The Morgan fingerprint density at radius 2 is 1.29 bits per heavy atom. The number of nitrogens with one attached hydrogen (secondary N) is 2. The molecule has 4 rings (SSSR count). The van der Waals surface area contributed by atoms with Crippen LogP contribution in [-0.4, -0.2) is 78.8 Å². The lowest BCUT2D eigenvalue weighted by Gasteiger charge is -2.21. The molecule has 1 aliphatic carbocycles. The molecule has 2 amide bonds. The van der Waals surface area contributed by atoms with Crippen molar-refractivity contribution >= 4 is 48.2 Å². The first-order valence-electron chi connectivity index (χ1n) is 17.8. The van der Waals surface area contributed by atoms with E-state index >= 15 is 0 Å². The van der Waals surface area contributed by atoms with E-state index in [0.717, 1.165) is 18.4 Å². The molecule has 0 spiro atoms. The molecule has 18 heteroatoms.